The molecule has 1 saturated heterocycles. The Bertz CT molecular complexity index is 1330. The molecule has 0 radical (unpaired) electrons. The molecule has 7 bridgehead atoms. The van der Waals surface area contributed by atoms with Crippen LogP contribution >= 0.6 is 0 Å². The van der Waals surface area contributed by atoms with Crippen molar-refractivity contribution in [3.8, 4) is 0 Å². The number of nitrogens with zero attached hydrogens (tertiary/aromatic N) is 1. The van der Waals surface area contributed by atoms with E-state index in [1.807, 2.05) is 6.07 Å². The Morgan fingerprint density at radius 1 is 1.02 bits per heavy atom. The number of benzene rings is 1. The maximum atomic E-state index is 13.7. The van der Waals surface area contributed by atoms with Gasteiger partial charge in [0, 0.05) is 76.5 Å². The van der Waals surface area contributed by atoms with Gasteiger partial charge in [0.25, 0.3) is 0 Å². The second-order valence-electron chi connectivity index (χ2n) is 14.3. The van der Waals surface area contributed by atoms with E-state index in [4.69, 9.17) is 28.4 Å². The van der Waals surface area contributed by atoms with Gasteiger partial charge in [0.05, 0.1) is 24.4 Å². The molecular formula is C34H47NO10. The van der Waals surface area contributed by atoms with Crippen LogP contribution in [0.3, 0.4) is 0 Å². The standard InChI is InChI=1S/C34H47NO10/c1-7-35-16-31(17-40-3)14-13-21(41-4)33-20-15-32(39)28(44-30(38)19-11-9-8-10-12-19)22(20)34(45-18(2)36,27(37)29(32)43-6)23(26(33)35)24(42-5)25(31)33/h8-12,20-29,37,39H,7,13-17H2,1-6H3/t20-,21?,22-,23?,24?,25-,26?,27+,28?,29+,31+,32-,33?,34-/m1/s1. The molecule has 2 N–H and O–H groups in total. The first kappa shape index (κ1) is 31.5. The van der Waals surface area contributed by atoms with Gasteiger partial charge in [0.2, 0.25) is 0 Å². The second-order valence-corrected chi connectivity index (χ2v) is 14.3. The van der Waals surface area contributed by atoms with Crippen molar-refractivity contribution >= 4 is 11.9 Å². The summed E-state index contributed by atoms with van der Waals surface area (Å²) < 4.78 is 37.7. The zero-order valence-electron chi connectivity index (χ0n) is 27.0. The number of methoxy groups -OCH3 is 4. The minimum absolute atomic E-state index is 0.101. The lowest BCUT2D eigenvalue weighted by Crippen LogP contribution is -2.80. The number of hydrogen-bond acceptors (Lipinski definition) is 11. The number of likely N-dealkylation sites (tertiary alicyclic amines) is 1. The summed E-state index contributed by atoms with van der Waals surface area (Å²) in [7, 11) is 6.59. The third-order valence-corrected chi connectivity index (χ3v) is 13.0. The number of ether oxygens (including phenoxy) is 6. The average Bonchev–Trinajstić information content (AvgIpc) is 3.40. The topological polar surface area (TPSA) is 133 Å². The summed E-state index contributed by atoms with van der Waals surface area (Å²) in [5.74, 6) is -2.95. The smallest absolute Gasteiger partial charge is 0.338 e. The van der Waals surface area contributed by atoms with Crippen LogP contribution in [0.5, 0.6) is 0 Å². The van der Waals surface area contributed by atoms with E-state index in [1.165, 1.54) is 14.0 Å². The molecule has 6 unspecified atom stereocenters. The van der Waals surface area contributed by atoms with Gasteiger partial charge in [-0.1, -0.05) is 25.1 Å². The van der Waals surface area contributed by atoms with Gasteiger partial charge in [0.1, 0.15) is 23.9 Å². The number of esters is 2. The lowest BCUT2D eigenvalue weighted by atomic mass is 9.43. The van der Waals surface area contributed by atoms with Crippen molar-refractivity contribution in [1.82, 2.24) is 4.90 Å². The summed E-state index contributed by atoms with van der Waals surface area (Å²) in [5.41, 5.74) is -3.92. The Kier molecular flexibility index (Phi) is 7.48. The van der Waals surface area contributed by atoms with Crippen molar-refractivity contribution in [2.75, 3.05) is 48.1 Å². The molecule has 0 aromatic heterocycles. The molecule has 1 spiro atoms. The van der Waals surface area contributed by atoms with Crippen LogP contribution in [0.2, 0.25) is 0 Å². The van der Waals surface area contributed by atoms with E-state index in [0.717, 1.165) is 19.4 Å². The number of piperidine rings is 1. The SMILES string of the molecule is CCN1C[C@]2(COC)CCC(OC)C34C1C(C(OC)[C@@H]32)[C@@]1(OC(C)=O)[C@@H](O)[C@H](OC)[C@@]2(O)C[C@@H]4[C@@H]1C2OC(=O)c1ccccc1. The summed E-state index contributed by atoms with van der Waals surface area (Å²) in [5, 5.41) is 25.3. The molecule has 5 saturated carbocycles. The number of rotatable bonds is 9. The fraction of sp³-hybridized carbons (Fsp3) is 0.765. The molecule has 11 heteroatoms. The van der Waals surface area contributed by atoms with Crippen molar-refractivity contribution in [3.05, 3.63) is 35.9 Å². The largest absolute Gasteiger partial charge is 0.455 e. The molecule has 5 aliphatic carbocycles. The van der Waals surface area contributed by atoms with Crippen LogP contribution in [-0.4, -0.2) is 123 Å². The average molecular weight is 630 g/mol. The van der Waals surface area contributed by atoms with E-state index in [-0.39, 0.29) is 35.8 Å². The highest BCUT2D eigenvalue weighted by molar-refractivity contribution is 5.89. The Hall–Kier alpha value is -2.12. The fourth-order valence-electron chi connectivity index (χ4n) is 12.4. The molecule has 6 aliphatic rings. The van der Waals surface area contributed by atoms with E-state index in [2.05, 4.69) is 11.8 Å². The zero-order valence-corrected chi connectivity index (χ0v) is 27.0. The molecule has 1 heterocycles. The van der Waals surface area contributed by atoms with Gasteiger partial charge < -0.3 is 38.6 Å². The summed E-state index contributed by atoms with van der Waals surface area (Å²) in [4.78, 5) is 29.4. The van der Waals surface area contributed by atoms with E-state index < -0.39 is 64.8 Å². The Morgan fingerprint density at radius 2 is 1.76 bits per heavy atom. The molecule has 11 nitrogen and oxygen atoms in total. The van der Waals surface area contributed by atoms with Crippen LogP contribution in [0, 0.1) is 34.5 Å². The number of aliphatic hydroxyl groups is 2. The van der Waals surface area contributed by atoms with E-state index >= 15 is 0 Å². The molecule has 45 heavy (non-hydrogen) atoms. The lowest BCUT2D eigenvalue weighted by Gasteiger charge is -2.69. The number of aliphatic hydroxyl groups excluding tert-OH is 1. The van der Waals surface area contributed by atoms with Crippen molar-refractivity contribution in [3.63, 3.8) is 0 Å². The van der Waals surface area contributed by atoms with Crippen molar-refractivity contribution < 1.29 is 48.2 Å². The van der Waals surface area contributed by atoms with Gasteiger partial charge in [-0.05, 0) is 43.9 Å². The first-order valence-electron chi connectivity index (χ1n) is 16.2. The summed E-state index contributed by atoms with van der Waals surface area (Å²) in [6.07, 6.45) is -2.64. The maximum absolute atomic E-state index is 13.7. The first-order valence-corrected chi connectivity index (χ1v) is 16.2. The third kappa shape index (κ3) is 3.66. The highest BCUT2D eigenvalue weighted by Gasteiger charge is 2.91. The van der Waals surface area contributed by atoms with Crippen LogP contribution in [0.25, 0.3) is 0 Å². The van der Waals surface area contributed by atoms with Gasteiger partial charge in [-0.3, -0.25) is 9.69 Å². The van der Waals surface area contributed by atoms with Crippen molar-refractivity contribution in [1.29, 1.82) is 0 Å². The monoisotopic (exact) mass is 629 g/mol. The number of carbonyl (C=O) groups is 2. The highest BCUT2D eigenvalue weighted by atomic mass is 16.6. The van der Waals surface area contributed by atoms with E-state index in [9.17, 15) is 19.8 Å². The van der Waals surface area contributed by atoms with Crippen molar-refractivity contribution in [2.45, 2.75) is 80.9 Å². The minimum Gasteiger partial charge on any atom is -0.455 e. The Morgan fingerprint density at radius 3 is 2.36 bits per heavy atom. The van der Waals surface area contributed by atoms with Gasteiger partial charge in [-0.2, -0.15) is 0 Å². The first-order chi connectivity index (χ1) is 21.6. The van der Waals surface area contributed by atoms with Gasteiger partial charge >= 0.3 is 11.9 Å². The van der Waals surface area contributed by atoms with E-state index in [0.29, 0.717) is 18.7 Å². The molecule has 248 valence electrons. The molecule has 0 amide bonds. The molecule has 1 aliphatic heterocycles. The maximum Gasteiger partial charge on any atom is 0.338 e. The predicted octanol–water partition coefficient (Wildman–Crippen LogP) is 1.68. The summed E-state index contributed by atoms with van der Waals surface area (Å²) in [6.45, 7) is 5.44. The predicted molar refractivity (Wildman–Crippen MR) is 159 cm³/mol. The van der Waals surface area contributed by atoms with Gasteiger partial charge in [-0.15, -0.1) is 0 Å². The summed E-state index contributed by atoms with van der Waals surface area (Å²) >= 11 is 0. The second kappa shape index (κ2) is 10.7. The number of carbonyl (C=O) groups excluding carboxylic acids is 2. The van der Waals surface area contributed by atoms with Gasteiger partial charge in [-0.25, -0.2) is 4.79 Å². The normalized spacial score (nSPS) is 49.1. The van der Waals surface area contributed by atoms with Crippen LogP contribution in [0.4, 0.5) is 0 Å². The quantitative estimate of drug-likeness (QED) is 0.387. The van der Waals surface area contributed by atoms with Crippen LogP contribution in [0.15, 0.2) is 30.3 Å². The van der Waals surface area contributed by atoms with Gasteiger partial charge in [0.15, 0.2) is 5.60 Å². The van der Waals surface area contributed by atoms with Crippen molar-refractivity contribution in [2.24, 2.45) is 34.5 Å². The highest BCUT2D eigenvalue weighted by Crippen LogP contribution is 2.80. The van der Waals surface area contributed by atoms with Crippen LogP contribution < -0.4 is 0 Å². The molecular weight excluding hydrogens is 582 g/mol. The number of fused-ring (bicyclic) bond motifs is 2. The fourth-order valence-corrected chi connectivity index (χ4v) is 12.4. The lowest BCUT2D eigenvalue weighted by molar-refractivity contribution is -0.317. The molecule has 7 rings (SSSR count). The minimum atomic E-state index is -1.76. The number of hydrogen-bond donors (Lipinski definition) is 2. The van der Waals surface area contributed by atoms with Crippen LogP contribution in [-0.2, 0) is 33.2 Å². The molecule has 1 aromatic rings. The summed E-state index contributed by atoms with van der Waals surface area (Å²) in [6, 6.07) is 8.42. The van der Waals surface area contributed by atoms with E-state index in [1.54, 1.807) is 45.6 Å². The Labute approximate surface area is 264 Å². The zero-order chi connectivity index (χ0) is 32.1. The molecule has 6 fully saturated rings. The third-order valence-electron chi connectivity index (χ3n) is 13.0. The molecule has 14 atom stereocenters. The molecule has 1 aromatic carbocycles. The van der Waals surface area contributed by atoms with Crippen LogP contribution in [0.1, 0.15) is 43.5 Å². The Balaban J connectivity index is 1.52.